The maximum absolute atomic E-state index is 8.83. The van der Waals surface area contributed by atoms with Crippen LogP contribution in [0, 0.1) is 5.92 Å². The van der Waals surface area contributed by atoms with Gasteiger partial charge in [-0.15, -0.1) is 0 Å². The Kier molecular flexibility index (Phi) is 5.88. The summed E-state index contributed by atoms with van der Waals surface area (Å²) in [6.07, 6.45) is 5.63. The average molecular weight is 209 g/mol. The highest BCUT2D eigenvalue weighted by Crippen LogP contribution is 2.02. The lowest BCUT2D eigenvalue weighted by Gasteiger charge is -2.07. The third-order valence-electron chi connectivity index (χ3n) is 2.26. The van der Waals surface area contributed by atoms with Crippen LogP contribution in [0.1, 0.15) is 25.6 Å². The summed E-state index contributed by atoms with van der Waals surface area (Å²) in [6.45, 7) is 4.00. The Morgan fingerprint density at radius 1 is 1.40 bits per heavy atom. The predicted molar refractivity (Wildman–Crippen MR) is 59.2 cm³/mol. The van der Waals surface area contributed by atoms with Gasteiger partial charge in [-0.05, 0) is 31.4 Å². The topological polar surface area (TPSA) is 58.0 Å². The van der Waals surface area contributed by atoms with E-state index >= 15 is 0 Å². The molecule has 0 saturated carbocycles. The van der Waals surface area contributed by atoms with Crippen molar-refractivity contribution >= 4 is 0 Å². The van der Waals surface area contributed by atoms with Gasteiger partial charge in [0.1, 0.15) is 5.82 Å². The molecule has 0 radical (unpaired) electrons. The third kappa shape index (κ3) is 5.44. The molecule has 1 rings (SSSR count). The summed E-state index contributed by atoms with van der Waals surface area (Å²) in [5.41, 5.74) is 0. The van der Waals surface area contributed by atoms with E-state index < -0.39 is 0 Å². The molecule has 1 unspecified atom stereocenters. The molecule has 0 fully saturated rings. The molecular weight excluding hydrogens is 190 g/mol. The molecule has 1 aromatic heterocycles. The second-order valence-corrected chi connectivity index (χ2v) is 3.77. The van der Waals surface area contributed by atoms with Crippen LogP contribution in [0.3, 0.4) is 0 Å². The molecule has 1 aromatic rings. The molecule has 15 heavy (non-hydrogen) atoms. The molecule has 84 valence electrons. The molecule has 4 heteroatoms. The number of hydrogen-bond acceptors (Lipinski definition) is 4. The van der Waals surface area contributed by atoms with E-state index in [-0.39, 0.29) is 6.61 Å². The normalized spacial score (nSPS) is 12.7. The fourth-order valence-corrected chi connectivity index (χ4v) is 1.29. The number of hydrogen-bond donors (Lipinski definition) is 2. The Labute approximate surface area is 90.8 Å². The monoisotopic (exact) mass is 209 g/mol. The van der Waals surface area contributed by atoms with Gasteiger partial charge in [0.2, 0.25) is 0 Å². The van der Waals surface area contributed by atoms with Crippen molar-refractivity contribution < 1.29 is 5.11 Å². The maximum Gasteiger partial charge on any atom is 0.141 e. The van der Waals surface area contributed by atoms with Gasteiger partial charge in [-0.2, -0.15) is 0 Å². The zero-order valence-corrected chi connectivity index (χ0v) is 9.19. The fourth-order valence-electron chi connectivity index (χ4n) is 1.29. The molecule has 0 saturated heterocycles. The van der Waals surface area contributed by atoms with E-state index in [4.69, 9.17) is 5.11 Å². The number of aliphatic hydroxyl groups excluding tert-OH is 1. The highest BCUT2D eigenvalue weighted by molar-refractivity contribution is 4.87. The van der Waals surface area contributed by atoms with Crippen molar-refractivity contribution in [2.24, 2.45) is 5.92 Å². The largest absolute Gasteiger partial charge is 0.396 e. The van der Waals surface area contributed by atoms with E-state index in [0.717, 1.165) is 25.2 Å². The molecule has 1 heterocycles. The van der Waals surface area contributed by atoms with E-state index in [1.54, 1.807) is 12.4 Å². The fraction of sp³-hybridized carbons (Fsp3) is 0.636. The molecule has 0 aliphatic carbocycles. The SMILES string of the molecule is CC(CO)CCCNCc1ncccn1. The van der Waals surface area contributed by atoms with Crippen LogP contribution in [0.4, 0.5) is 0 Å². The molecule has 4 nitrogen and oxygen atoms in total. The van der Waals surface area contributed by atoms with Gasteiger partial charge in [-0.1, -0.05) is 6.92 Å². The molecule has 0 amide bonds. The highest BCUT2D eigenvalue weighted by Gasteiger charge is 1.99. The summed E-state index contributed by atoms with van der Waals surface area (Å²) in [4.78, 5) is 8.23. The van der Waals surface area contributed by atoms with E-state index in [9.17, 15) is 0 Å². The number of nitrogens with zero attached hydrogens (tertiary/aromatic N) is 2. The minimum absolute atomic E-state index is 0.280. The Morgan fingerprint density at radius 3 is 2.80 bits per heavy atom. The van der Waals surface area contributed by atoms with E-state index in [1.807, 2.05) is 6.07 Å². The van der Waals surface area contributed by atoms with E-state index in [0.29, 0.717) is 12.5 Å². The average Bonchev–Trinajstić information content (AvgIpc) is 2.29. The first-order chi connectivity index (χ1) is 7.33. The summed E-state index contributed by atoms with van der Waals surface area (Å²) < 4.78 is 0. The first-order valence-corrected chi connectivity index (χ1v) is 5.40. The van der Waals surface area contributed by atoms with Gasteiger partial charge in [0, 0.05) is 19.0 Å². The number of nitrogens with one attached hydrogen (secondary N) is 1. The van der Waals surface area contributed by atoms with Crippen LogP contribution in [0.15, 0.2) is 18.5 Å². The van der Waals surface area contributed by atoms with Crippen molar-refractivity contribution in [3.63, 3.8) is 0 Å². The lowest BCUT2D eigenvalue weighted by molar-refractivity contribution is 0.228. The molecule has 0 aliphatic rings. The summed E-state index contributed by atoms with van der Waals surface area (Å²) in [7, 11) is 0. The molecule has 1 atom stereocenters. The van der Waals surface area contributed by atoms with Crippen LogP contribution in [0.5, 0.6) is 0 Å². The first-order valence-electron chi connectivity index (χ1n) is 5.40. The van der Waals surface area contributed by atoms with Crippen molar-refractivity contribution in [2.75, 3.05) is 13.2 Å². The standard InChI is InChI=1S/C11H19N3O/c1-10(9-15)4-2-5-12-8-11-13-6-3-7-14-11/h3,6-7,10,12,15H,2,4-5,8-9H2,1H3. The highest BCUT2D eigenvalue weighted by atomic mass is 16.3. The van der Waals surface area contributed by atoms with Crippen LogP contribution < -0.4 is 5.32 Å². The molecule has 0 spiro atoms. The van der Waals surface area contributed by atoms with Crippen molar-refractivity contribution in [3.8, 4) is 0 Å². The Morgan fingerprint density at radius 2 is 2.13 bits per heavy atom. The quantitative estimate of drug-likeness (QED) is 0.657. The summed E-state index contributed by atoms with van der Waals surface area (Å²) in [5.74, 6) is 1.23. The van der Waals surface area contributed by atoms with Gasteiger partial charge >= 0.3 is 0 Å². The lowest BCUT2D eigenvalue weighted by atomic mass is 10.1. The van der Waals surface area contributed by atoms with Crippen molar-refractivity contribution in [2.45, 2.75) is 26.3 Å². The molecule has 0 aromatic carbocycles. The Balaban J connectivity index is 2.03. The molecule has 0 aliphatic heterocycles. The van der Waals surface area contributed by atoms with Crippen LogP contribution >= 0.6 is 0 Å². The van der Waals surface area contributed by atoms with Gasteiger partial charge in [0.25, 0.3) is 0 Å². The first kappa shape index (κ1) is 12.1. The van der Waals surface area contributed by atoms with Gasteiger partial charge in [0.05, 0.1) is 6.54 Å². The van der Waals surface area contributed by atoms with Crippen LogP contribution in [0.2, 0.25) is 0 Å². The van der Waals surface area contributed by atoms with Crippen molar-refractivity contribution in [1.29, 1.82) is 0 Å². The van der Waals surface area contributed by atoms with E-state index in [2.05, 4.69) is 22.2 Å². The molecule has 2 N–H and O–H groups in total. The smallest absolute Gasteiger partial charge is 0.141 e. The van der Waals surface area contributed by atoms with Gasteiger partial charge in [0.15, 0.2) is 0 Å². The van der Waals surface area contributed by atoms with Gasteiger partial charge < -0.3 is 10.4 Å². The molecule has 0 bridgehead atoms. The zero-order chi connectivity index (χ0) is 10.9. The maximum atomic E-state index is 8.83. The Hall–Kier alpha value is -1.00. The van der Waals surface area contributed by atoms with Crippen LogP contribution in [0.25, 0.3) is 0 Å². The zero-order valence-electron chi connectivity index (χ0n) is 9.19. The number of aromatic nitrogens is 2. The molecular formula is C11H19N3O. The van der Waals surface area contributed by atoms with Gasteiger partial charge in [-0.3, -0.25) is 0 Å². The van der Waals surface area contributed by atoms with Crippen LogP contribution in [-0.2, 0) is 6.54 Å². The van der Waals surface area contributed by atoms with Crippen LogP contribution in [-0.4, -0.2) is 28.2 Å². The minimum atomic E-state index is 0.280. The number of rotatable bonds is 7. The third-order valence-corrected chi connectivity index (χ3v) is 2.26. The predicted octanol–water partition coefficient (Wildman–Crippen LogP) is 0.975. The summed E-state index contributed by atoms with van der Waals surface area (Å²) in [6, 6.07) is 1.81. The minimum Gasteiger partial charge on any atom is -0.396 e. The lowest BCUT2D eigenvalue weighted by Crippen LogP contribution is -2.17. The number of aliphatic hydroxyl groups is 1. The second kappa shape index (κ2) is 7.31. The van der Waals surface area contributed by atoms with Crippen molar-refractivity contribution in [1.82, 2.24) is 15.3 Å². The van der Waals surface area contributed by atoms with Crippen molar-refractivity contribution in [3.05, 3.63) is 24.3 Å². The summed E-state index contributed by atoms with van der Waals surface area (Å²) >= 11 is 0. The van der Waals surface area contributed by atoms with Gasteiger partial charge in [-0.25, -0.2) is 9.97 Å². The van der Waals surface area contributed by atoms with E-state index in [1.165, 1.54) is 0 Å². The Bertz CT molecular complexity index is 253. The summed E-state index contributed by atoms with van der Waals surface area (Å²) in [5, 5.41) is 12.1. The second-order valence-electron chi connectivity index (χ2n) is 3.77.